The molecule has 5 heteroatoms. The summed E-state index contributed by atoms with van der Waals surface area (Å²) in [5.74, 6) is 0.340. The zero-order valence-corrected chi connectivity index (χ0v) is 17.6. The molecule has 0 aliphatic rings. The van der Waals surface area contributed by atoms with Gasteiger partial charge in [0.05, 0.1) is 24.8 Å². The molecule has 0 radical (unpaired) electrons. The third kappa shape index (κ3) is 12.7. The van der Waals surface area contributed by atoms with E-state index in [2.05, 4.69) is 11.9 Å². The zero-order valence-electron chi connectivity index (χ0n) is 17.6. The lowest BCUT2D eigenvalue weighted by Crippen LogP contribution is -2.27. The van der Waals surface area contributed by atoms with Crippen molar-refractivity contribution in [3.63, 3.8) is 0 Å². The summed E-state index contributed by atoms with van der Waals surface area (Å²) < 4.78 is 11.2. The SMILES string of the molecule is CCCCCCCCCCCCCCOC[C@H](CO)Oc1cc(C#N)ccn1. The van der Waals surface area contributed by atoms with Gasteiger partial charge in [-0.1, -0.05) is 77.6 Å². The van der Waals surface area contributed by atoms with Gasteiger partial charge in [0, 0.05) is 18.9 Å². The number of hydrogen-bond acceptors (Lipinski definition) is 5. The molecule has 1 heterocycles. The van der Waals surface area contributed by atoms with Gasteiger partial charge in [-0.2, -0.15) is 5.26 Å². The number of aromatic nitrogens is 1. The van der Waals surface area contributed by atoms with Crippen molar-refractivity contribution in [2.24, 2.45) is 0 Å². The Morgan fingerprint density at radius 3 is 2.18 bits per heavy atom. The number of nitriles is 1. The number of aliphatic hydroxyl groups excluding tert-OH is 1. The number of ether oxygens (including phenoxy) is 2. The van der Waals surface area contributed by atoms with Crippen LogP contribution in [0.2, 0.25) is 0 Å². The van der Waals surface area contributed by atoms with Crippen molar-refractivity contribution in [2.75, 3.05) is 19.8 Å². The molecule has 0 bridgehead atoms. The Morgan fingerprint density at radius 2 is 1.61 bits per heavy atom. The molecule has 28 heavy (non-hydrogen) atoms. The van der Waals surface area contributed by atoms with Crippen LogP contribution in [0.25, 0.3) is 0 Å². The van der Waals surface area contributed by atoms with Gasteiger partial charge in [-0.15, -0.1) is 0 Å². The third-order valence-corrected chi connectivity index (χ3v) is 4.80. The molecule has 0 aliphatic carbocycles. The lowest BCUT2D eigenvalue weighted by atomic mass is 10.1. The molecule has 0 saturated heterocycles. The van der Waals surface area contributed by atoms with Gasteiger partial charge < -0.3 is 14.6 Å². The fraction of sp³-hybridized carbons (Fsp3) is 0.739. The van der Waals surface area contributed by atoms with Crippen molar-refractivity contribution in [3.8, 4) is 11.9 Å². The summed E-state index contributed by atoms with van der Waals surface area (Å²) in [6.07, 6.45) is 16.9. The van der Waals surface area contributed by atoms with Crippen molar-refractivity contribution >= 4 is 0 Å². The fourth-order valence-electron chi connectivity index (χ4n) is 3.10. The molecule has 1 N–H and O–H groups in total. The molecule has 0 aromatic carbocycles. The first kappa shape index (κ1) is 24.4. The molecule has 0 aliphatic heterocycles. The first-order valence-electron chi connectivity index (χ1n) is 11.0. The summed E-state index contributed by atoms with van der Waals surface area (Å²) in [6.45, 7) is 3.13. The Labute approximate surface area is 171 Å². The molecule has 5 nitrogen and oxygen atoms in total. The molecular weight excluding hydrogens is 352 g/mol. The van der Waals surface area contributed by atoms with E-state index in [1.165, 1.54) is 76.8 Å². The number of nitrogens with zero attached hydrogens (tertiary/aromatic N) is 2. The number of unbranched alkanes of at least 4 members (excludes halogenated alkanes) is 11. The van der Waals surface area contributed by atoms with Crippen LogP contribution in [0.3, 0.4) is 0 Å². The van der Waals surface area contributed by atoms with Gasteiger partial charge in [0.1, 0.15) is 6.10 Å². The van der Waals surface area contributed by atoms with Crippen LogP contribution in [-0.2, 0) is 4.74 Å². The predicted molar refractivity (Wildman–Crippen MR) is 112 cm³/mol. The highest BCUT2D eigenvalue weighted by molar-refractivity contribution is 5.31. The lowest BCUT2D eigenvalue weighted by molar-refractivity contribution is 0.0167. The number of rotatable bonds is 18. The smallest absolute Gasteiger partial charge is 0.214 e. The number of aliphatic hydroxyl groups is 1. The summed E-state index contributed by atoms with van der Waals surface area (Å²) >= 11 is 0. The van der Waals surface area contributed by atoms with E-state index in [1.807, 2.05) is 6.07 Å². The fourth-order valence-corrected chi connectivity index (χ4v) is 3.10. The van der Waals surface area contributed by atoms with Crippen LogP contribution in [-0.4, -0.2) is 36.0 Å². The summed E-state index contributed by atoms with van der Waals surface area (Å²) in [6, 6.07) is 5.22. The first-order valence-corrected chi connectivity index (χ1v) is 11.0. The minimum Gasteiger partial charge on any atom is -0.469 e. The largest absolute Gasteiger partial charge is 0.469 e. The van der Waals surface area contributed by atoms with E-state index < -0.39 is 6.10 Å². The van der Waals surface area contributed by atoms with Crippen molar-refractivity contribution in [1.82, 2.24) is 4.98 Å². The van der Waals surface area contributed by atoms with E-state index in [-0.39, 0.29) is 6.61 Å². The van der Waals surface area contributed by atoms with Crippen LogP contribution in [0.5, 0.6) is 5.88 Å². The predicted octanol–water partition coefficient (Wildman–Crippen LogP) is 5.41. The van der Waals surface area contributed by atoms with Gasteiger partial charge in [0.2, 0.25) is 5.88 Å². The van der Waals surface area contributed by atoms with Gasteiger partial charge >= 0.3 is 0 Å². The second-order valence-corrected chi connectivity index (χ2v) is 7.38. The summed E-state index contributed by atoms with van der Waals surface area (Å²) in [5.41, 5.74) is 0.485. The zero-order chi connectivity index (χ0) is 20.3. The maximum atomic E-state index is 9.42. The average molecular weight is 391 g/mol. The van der Waals surface area contributed by atoms with Crippen LogP contribution >= 0.6 is 0 Å². The average Bonchev–Trinajstić information content (AvgIpc) is 2.73. The normalized spacial score (nSPS) is 11.9. The molecule has 0 fully saturated rings. The van der Waals surface area contributed by atoms with Gasteiger partial charge in [0.25, 0.3) is 0 Å². The van der Waals surface area contributed by atoms with Gasteiger partial charge in [-0.25, -0.2) is 4.98 Å². The molecule has 1 aromatic heterocycles. The molecular formula is C23H38N2O3. The molecule has 0 unspecified atom stereocenters. The second-order valence-electron chi connectivity index (χ2n) is 7.38. The Kier molecular flexibility index (Phi) is 15.2. The maximum absolute atomic E-state index is 9.42. The molecule has 158 valence electrons. The van der Waals surface area contributed by atoms with E-state index >= 15 is 0 Å². The number of pyridine rings is 1. The van der Waals surface area contributed by atoms with Crippen LogP contribution in [0.15, 0.2) is 18.3 Å². The summed E-state index contributed by atoms with van der Waals surface area (Å²) in [5, 5.41) is 18.3. The highest BCUT2D eigenvalue weighted by atomic mass is 16.5. The van der Waals surface area contributed by atoms with Crippen LogP contribution in [0.4, 0.5) is 0 Å². The minimum absolute atomic E-state index is 0.142. The quantitative estimate of drug-likeness (QED) is 0.339. The van der Waals surface area contributed by atoms with Crippen molar-refractivity contribution in [2.45, 2.75) is 90.1 Å². The number of hydrogen-bond donors (Lipinski definition) is 1. The summed E-state index contributed by atoms with van der Waals surface area (Å²) in [4.78, 5) is 4.05. The molecule has 1 rings (SSSR count). The van der Waals surface area contributed by atoms with Crippen molar-refractivity contribution in [1.29, 1.82) is 5.26 Å². The maximum Gasteiger partial charge on any atom is 0.214 e. The van der Waals surface area contributed by atoms with E-state index in [0.717, 1.165) is 6.42 Å². The van der Waals surface area contributed by atoms with E-state index in [1.54, 1.807) is 12.1 Å². The Bertz CT molecular complexity index is 531. The summed E-state index contributed by atoms with van der Waals surface area (Å²) in [7, 11) is 0. The standard InChI is InChI=1S/C23H38N2O3/c1-2-3-4-5-6-7-8-9-10-11-12-13-16-27-20-22(19-26)28-23-17-21(18-24)14-15-25-23/h14-15,17,22,26H,2-13,16,19-20H2,1H3/t22-/m0/s1. The molecule has 1 atom stereocenters. The van der Waals surface area contributed by atoms with E-state index in [0.29, 0.717) is 24.7 Å². The highest BCUT2D eigenvalue weighted by Crippen LogP contribution is 2.13. The van der Waals surface area contributed by atoms with E-state index in [9.17, 15) is 5.11 Å². The molecule has 0 spiro atoms. The second kappa shape index (κ2) is 17.5. The molecule has 0 amide bonds. The molecule has 0 saturated carbocycles. The first-order chi connectivity index (χ1) is 13.8. The Morgan fingerprint density at radius 1 is 1.00 bits per heavy atom. The Hall–Kier alpha value is -1.64. The monoisotopic (exact) mass is 390 g/mol. The highest BCUT2D eigenvalue weighted by Gasteiger charge is 2.11. The third-order valence-electron chi connectivity index (χ3n) is 4.80. The minimum atomic E-state index is -0.459. The van der Waals surface area contributed by atoms with E-state index in [4.69, 9.17) is 14.7 Å². The van der Waals surface area contributed by atoms with Crippen LogP contribution in [0, 0.1) is 11.3 Å². The van der Waals surface area contributed by atoms with Crippen molar-refractivity contribution in [3.05, 3.63) is 23.9 Å². The van der Waals surface area contributed by atoms with Gasteiger partial charge in [-0.05, 0) is 12.5 Å². The van der Waals surface area contributed by atoms with Gasteiger partial charge in [-0.3, -0.25) is 0 Å². The Balaban J connectivity index is 1.95. The topological polar surface area (TPSA) is 75.4 Å². The van der Waals surface area contributed by atoms with Crippen LogP contribution < -0.4 is 4.74 Å². The van der Waals surface area contributed by atoms with Crippen LogP contribution in [0.1, 0.15) is 89.5 Å². The lowest BCUT2D eigenvalue weighted by Gasteiger charge is -2.16. The van der Waals surface area contributed by atoms with Gasteiger partial charge in [0.15, 0.2) is 0 Å². The molecule has 1 aromatic rings. The van der Waals surface area contributed by atoms with Crippen molar-refractivity contribution < 1.29 is 14.6 Å².